The molecule has 3 aromatic rings. The third-order valence-electron chi connectivity index (χ3n) is 4.86. The van der Waals surface area contributed by atoms with Crippen LogP contribution in [0.25, 0.3) is 0 Å². The number of halogens is 1. The summed E-state index contributed by atoms with van der Waals surface area (Å²) >= 11 is 0. The van der Waals surface area contributed by atoms with Gasteiger partial charge in [0.25, 0.3) is 5.91 Å². The van der Waals surface area contributed by atoms with Gasteiger partial charge < -0.3 is 10.0 Å². The van der Waals surface area contributed by atoms with E-state index in [2.05, 4.69) is 4.98 Å². The molecule has 0 radical (unpaired) electrons. The van der Waals surface area contributed by atoms with Gasteiger partial charge in [0, 0.05) is 11.8 Å². The first-order chi connectivity index (χ1) is 13.5. The maximum Gasteiger partial charge on any atom is 0.264 e. The van der Waals surface area contributed by atoms with Crippen LogP contribution in [0.1, 0.15) is 28.0 Å². The van der Waals surface area contributed by atoms with Crippen molar-refractivity contribution in [3.63, 3.8) is 0 Å². The minimum absolute atomic E-state index is 0.163. The molecule has 1 N–H and O–H groups in total. The molecular weight excluding hydrogens is 359 g/mol. The number of Topliss-reactive ketones (excluding diaryl/α,β-unsaturated/α-hetero) is 1. The Morgan fingerprint density at radius 1 is 1.04 bits per heavy atom. The number of fused-ring (bicyclic) bond motifs is 1. The molecule has 0 unspecified atom stereocenters. The van der Waals surface area contributed by atoms with Crippen LogP contribution in [0.3, 0.4) is 0 Å². The van der Waals surface area contributed by atoms with Gasteiger partial charge in [0.2, 0.25) is 0 Å². The standard InChI is InChI=1S/C22H17FN2O3/c23-16-10-8-15(9-11-16)14-25-19-7-2-1-5-17(19)22(28,21(25)27)13-20(26)18-6-3-4-12-24-18/h1-12,28H,13-14H2/t22-/m1/s1. The molecule has 1 aromatic heterocycles. The van der Waals surface area contributed by atoms with Crippen LogP contribution >= 0.6 is 0 Å². The number of hydrogen-bond donors (Lipinski definition) is 1. The number of para-hydroxylation sites is 1. The Balaban J connectivity index is 1.68. The van der Waals surface area contributed by atoms with E-state index in [1.54, 1.807) is 54.6 Å². The van der Waals surface area contributed by atoms with Crippen molar-refractivity contribution in [3.05, 3.63) is 95.6 Å². The van der Waals surface area contributed by atoms with E-state index in [0.29, 0.717) is 16.8 Å². The number of amides is 1. The van der Waals surface area contributed by atoms with Crippen molar-refractivity contribution in [2.75, 3.05) is 4.90 Å². The predicted octanol–water partition coefficient (Wildman–Crippen LogP) is 3.23. The first-order valence-electron chi connectivity index (χ1n) is 8.81. The molecule has 0 saturated heterocycles. The molecular formula is C22H17FN2O3. The molecule has 0 bridgehead atoms. The fourth-order valence-electron chi connectivity index (χ4n) is 3.46. The van der Waals surface area contributed by atoms with E-state index >= 15 is 0 Å². The van der Waals surface area contributed by atoms with E-state index in [-0.39, 0.29) is 18.1 Å². The largest absolute Gasteiger partial charge is 0.375 e. The van der Waals surface area contributed by atoms with Crippen molar-refractivity contribution in [2.45, 2.75) is 18.6 Å². The zero-order valence-electron chi connectivity index (χ0n) is 14.9. The SMILES string of the molecule is O=C(C[C@]1(O)C(=O)N(Cc2ccc(F)cc2)c2ccccc21)c1ccccn1. The van der Waals surface area contributed by atoms with Crippen LogP contribution in [-0.4, -0.2) is 21.8 Å². The van der Waals surface area contributed by atoms with Crippen LogP contribution in [0.15, 0.2) is 72.9 Å². The molecule has 0 aliphatic carbocycles. The second kappa shape index (κ2) is 6.98. The summed E-state index contributed by atoms with van der Waals surface area (Å²) in [6, 6.07) is 17.6. The first-order valence-corrected chi connectivity index (χ1v) is 8.81. The number of ketones is 1. The minimum Gasteiger partial charge on any atom is -0.375 e. The number of aliphatic hydroxyl groups is 1. The van der Waals surface area contributed by atoms with Crippen LogP contribution in [-0.2, 0) is 16.9 Å². The van der Waals surface area contributed by atoms with E-state index in [1.807, 2.05) is 0 Å². The van der Waals surface area contributed by atoms with Crippen LogP contribution in [0.2, 0.25) is 0 Å². The zero-order valence-corrected chi connectivity index (χ0v) is 14.9. The lowest BCUT2D eigenvalue weighted by Crippen LogP contribution is -2.41. The molecule has 140 valence electrons. The molecule has 2 aromatic carbocycles. The van der Waals surface area contributed by atoms with Gasteiger partial charge in [-0.15, -0.1) is 0 Å². The van der Waals surface area contributed by atoms with Gasteiger partial charge in [-0.2, -0.15) is 0 Å². The summed E-state index contributed by atoms with van der Waals surface area (Å²) in [4.78, 5) is 31.2. The molecule has 4 rings (SSSR count). The van der Waals surface area contributed by atoms with Gasteiger partial charge in [-0.05, 0) is 35.9 Å². The number of aromatic nitrogens is 1. The molecule has 1 amide bonds. The summed E-state index contributed by atoms with van der Waals surface area (Å²) in [5.74, 6) is -1.37. The molecule has 0 spiro atoms. The normalized spacial score (nSPS) is 18.2. The zero-order chi connectivity index (χ0) is 19.7. The van der Waals surface area contributed by atoms with Crippen molar-refractivity contribution in [1.29, 1.82) is 0 Å². The predicted molar refractivity (Wildman–Crippen MR) is 101 cm³/mol. The molecule has 2 heterocycles. The van der Waals surface area contributed by atoms with E-state index in [4.69, 9.17) is 0 Å². The Morgan fingerprint density at radius 3 is 2.46 bits per heavy atom. The fourth-order valence-corrected chi connectivity index (χ4v) is 3.46. The Bertz CT molecular complexity index is 1040. The smallest absolute Gasteiger partial charge is 0.264 e. The number of nitrogens with zero attached hydrogens (tertiary/aromatic N) is 2. The van der Waals surface area contributed by atoms with E-state index in [1.165, 1.54) is 23.2 Å². The molecule has 5 nitrogen and oxygen atoms in total. The Kier molecular flexibility index (Phi) is 4.49. The van der Waals surface area contributed by atoms with Gasteiger partial charge in [-0.3, -0.25) is 14.6 Å². The Hall–Kier alpha value is -3.38. The van der Waals surface area contributed by atoms with Crippen molar-refractivity contribution < 1.29 is 19.1 Å². The van der Waals surface area contributed by atoms with Gasteiger partial charge in [-0.1, -0.05) is 36.4 Å². The van der Waals surface area contributed by atoms with Gasteiger partial charge >= 0.3 is 0 Å². The third kappa shape index (κ3) is 3.08. The van der Waals surface area contributed by atoms with Crippen molar-refractivity contribution in [2.24, 2.45) is 0 Å². The van der Waals surface area contributed by atoms with Crippen molar-refractivity contribution >= 4 is 17.4 Å². The van der Waals surface area contributed by atoms with Crippen molar-refractivity contribution in [1.82, 2.24) is 4.98 Å². The summed E-state index contributed by atoms with van der Waals surface area (Å²) in [5.41, 5.74) is -0.145. The summed E-state index contributed by atoms with van der Waals surface area (Å²) in [6.45, 7) is 0.163. The quantitative estimate of drug-likeness (QED) is 0.694. The lowest BCUT2D eigenvalue weighted by atomic mass is 9.89. The van der Waals surface area contributed by atoms with Crippen LogP contribution < -0.4 is 4.90 Å². The molecule has 1 atom stereocenters. The number of carbonyl (C=O) groups excluding carboxylic acids is 2. The average molecular weight is 376 g/mol. The number of anilines is 1. The third-order valence-corrected chi connectivity index (χ3v) is 4.86. The number of carbonyl (C=O) groups is 2. The number of rotatable bonds is 5. The first kappa shape index (κ1) is 18.0. The minimum atomic E-state index is -1.97. The fraction of sp³-hybridized carbons (Fsp3) is 0.136. The van der Waals surface area contributed by atoms with E-state index in [0.717, 1.165) is 0 Å². The lowest BCUT2D eigenvalue weighted by molar-refractivity contribution is -0.136. The highest BCUT2D eigenvalue weighted by Gasteiger charge is 2.50. The second-order valence-electron chi connectivity index (χ2n) is 6.71. The van der Waals surface area contributed by atoms with Gasteiger partial charge in [-0.25, -0.2) is 4.39 Å². The number of benzene rings is 2. The van der Waals surface area contributed by atoms with Crippen LogP contribution in [0, 0.1) is 5.82 Å². The highest BCUT2D eigenvalue weighted by Crippen LogP contribution is 2.43. The monoisotopic (exact) mass is 376 g/mol. The van der Waals surface area contributed by atoms with Gasteiger partial charge in [0.1, 0.15) is 11.5 Å². The number of pyridine rings is 1. The topological polar surface area (TPSA) is 70.5 Å². The van der Waals surface area contributed by atoms with Crippen LogP contribution in [0.5, 0.6) is 0 Å². The molecule has 0 fully saturated rings. The summed E-state index contributed by atoms with van der Waals surface area (Å²) in [7, 11) is 0. The molecule has 28 heavy (non-hydrogen) atoms. The molecule has 1 aliphatic heterocycles. The van der Waals surface area contributed by atoms with E-state index in [9.17, 15) is 19.1 Å². The van der Waals surface area contributed by atoms with Gasteiger partial charge in [0.15, 0.2) is 11.4 Å². The maximum absolute atomic E-state index is 13.2. The van der Waals surface area contributed by atoms with Crippen molar-refractivity contribution in [3.8, 4) is 0 Å². The summed E-state index contributed by atoms with van der Waals surface area (Å²) < 4.78 is 13.2. The summed E-state index contributed by atoms with van der Waals surface area (Å²) in [5, 5.41) is 11.2. The average Bonchev–Trinajstić information content (AvgIpc) is 2.92. The Morgan fingerprint density at radius 2 is 1.75 bits per heavy atom. The van der Waals surface area contributed by atoms with Crippen LogP contribution in [0.4, 0.5) is 10.1 Å². The summed E-state index contributed by atoms with van der Waals surface area (Å²) in [6.07, 6.45) is 1.09. The Labute approximate surface area is 161 Å². The molecule has 0 saturated carbocycles. The molecule has 1 aliphatic rings. The highest BCUT2D eigenvalue weighted by molar-refractivity contribution is 6.10. The maximum atomic E-state index is 13.2. The number of hydrogen-bond acceptors (Lipinski definition) is 4. The van der Waals surface area contributed by atoms with Gasteiger partial charge in [0.05, 0.1) is 18.7 Å². The second-order valence-corrected chi connectivity index (χ2v) is 6.71. The lowest BCUT2D eigenvalue weighted by Gasteiger charge is -2.22. The molecule has 6 heteroatoms. The highest BCUT2D eigenvalue weighted by atomic mass is 19.1. The van der Waals surface area contributed by atoms with E-state index < -0.39 is 23.7 Å².